The number of amides is 1. The Morgan fingerprint density at radius 2 is 1.80 bits per heavy atom. The number of carboxylic acid groups (broad SMARTS) is 1. The van der Waals surface area contributed by atoms with Gasteiger partial charge in [-0.15, -0.1) is 0 Å². The molecule has 3 aromatic carbocycles. The lowest BCUT2D eigenvalue weighted by Crippen LogP contribution is -2.59. The number of benzene rings is 3. The van der Waals surface area contributed by atoms with Crippen LogP contribution in [0, 0.1) is 17.2 Å². The van der Waals surface area contributed by atoms with Crippen molar-refractivity contribution >= 4 is 46.3 Å². The molecule has 0 aromatic heterocycles. The van der Waals surface area contributed by atoms with Crippen LogP contribution in [-0.4, -0.2) is 54.1 Å². The zero-order valence-corrected chi connectivity index (χ0v) is 26.5. The maximum absolute atomic E-state index is 14.6. The first-order valence-corrected chi connectivity index (χ1v) is 16.4. The summed E-state index contributed by atoms with van der Waals surface area (Å²) < 4.78 is 40.7. The summed E-state index contributed by atoms with van der Waals surface area (Å²) in [5.41, 5.74) is 0.791. The Kier molecular flexibility index (Phi) is 10.1. The Balaban J connectivity index is 1.59. The number of carbonyl (C=O) groups excluding carboxylic acids is 1. The molecule has 1 saturated carbocycles. The molecule has 2 aliphatic rings. The molecule has 7 nitrogen and oxygen atoms in total. The molecule has 1 heterocycles. The van der Waals surface area contributed by atoms with Crippen molar-refractivity contribution in [1.29, 1.82) is 0 Å². The first-order valence-electron chi connectivity index (χ1n) is 14.6. The normalized spacial score (nSPS) is 23.5. The van der Waals surface area contributed by atoms with Crippen LogP contribution in [0.3, 0.4) is 0 Å². The van der Waals surface area contributed by atoms with Gasteiger partial charge in [-0.2, -0.15) is 0 Å². The molecule has 5 atom stereocenters. The van der Waals surface area contributed by atoms with Crippen molar-refractivity contribution in [2.24, 2.45) is 11.3 Å². The third-order valence-electron chi connectivity index (χ3n) is 8.85. The average Bonchev–Trinajstić information content (AvgIpc) is 3.81. The van der Waals surface area contributed by atoms with E-state index in [4.69, 9.17) is 23.2 Å². The predicted molar refractivity (Wildman–Crippen MR) is 167 cm³/mol. The van der Waals surface area contributed by atoms with Gasteiger partial charge in [-0.05, 0) is 78.6 Å². The number of rotatable bonds is 12. The number of carbonyl (C=O) groups is 2. The van der Waals surface area contributed by atoms with Crippen LogP contribution in [-0.2, 0) is 27.3 Å². The highest BCUT2D eigenvalue weighted by atomic mass is 35.5. The SMILES string of the molecule is C[C@]1(CC(=O)O)CC(c2cccc(Cl)c2)[C@@H](c2ccc(Cl)cc2)N(C(CN(CCc2ccccc2F)S(=O)[O-])C2CC2)C1=O. The number of hydrogen-bond donors (Lipinski definition) is 1. The van der Waals surface area contributed by atoms with Gasteiger partial charge in [-0.1, -0.05) is 72.6 Å². The van der Waals surface area contributed by atoms with Gasteiger partial charge in [0.1, 0.15) is 5.82 Å². The second kappa shape index (κ2) is 13.7. The molecule has 5 rings (SSSR count). The second-order valence-corrected chi connectivity index (χ2v) is 13.9. The molecule has 3 unspecified atom stereocenters. The number of piperidine rings is 1. The van der Waals surface area contributed by atoms with Gasteiger partial charge in [0.2, 0.25) is 5.91 Å². The van der Waals surface area contributed by atoms with Crippen molar-refractivity contribution in [3.05, 3.63) is 105 Å². The molecule has 0 bridgehead atoms. The van der Waals surface area contributed by atoms with Gasteiger partial charge in [0.05, 0.1) is 17.9 Å². The first kappa shape index (κ1) is 32.6. The zero-order chi connectivity index (χ0) is 31.6. The number of aliphatic carboxylic acids is 1. The van der Waals surface area contributed by atoms with E-state index < -0.39 is 40.6 Å². The number of nitrogens with zero attached hydrogens (tertiary/aromatic N) is 2. The molecule has 44 heavy (non-hydrogen) atoms. The number of likely N-dealkylation sites (tertiary alicyclic amines) is 1. The van der Waals surface area contributed by atoms with Crippen LogP contribution in [0.15, 0.2) is 72.8 Å². The summed E-state index contributed by atoms with van der Waals surface area (Å²) in [5.74, 6) is -2.17. The smallest absolute Gasteiger partial charge is 0.304 e. The Morgan fingerprint density at radius 3 is 2.41 bits per heavy atom. The van der Waals surface area contributed by atoms with Crippen molar-refractivity contribution in [2.45, 2.75) is 57.0 Å². The van der Waals surface area contributed by atoms with Crippen molar-refractivity contribution in [2.75, 3.05) is 13.1 Å². The van der Waals surface area contributed by atoms with Crippen LogP contribution in [0.5, 0.6) is 0 Å². The van der Waals surface area contributed by atoms with Gasteiger partial charge >= 0.3 is 5.97 Å². The highest BCUT2D eigenvalue weighted by Crippen LogP contribution is 2.54. The third-order valence-corrected chi connectivity index (χ3v) is 10.1. The Bertz CT molecular complexity index is 1540. The fraction of sp³-hybridized carbons (Fsp3) is 0.394. The summed E-state index contributed by atoms with van der Waals surface area (Å²) in [6, 6.07) is 19.7. The lowest BCUT2D eigenvalue weighted by molar-refractivity contribution is -0.161. The summed E-state index contributed by atoms with van der Waals surface area (Å²) >= 11 is 10.0. The number of halogens is 3. The molecule has 1 saturated heterocycles. The van der Waals surface area contributed by atoms with Crippen LogP contribution in [0.2, 0.25) is 10.0 Å². The van der Waals surface area contributed by atoms with Gasteiger partial charge in [-0.25, -0.2) is 8.70 Å². The molecule has 1 aliphatic heterocycles. The van der Waals surface area contributed by atoms with Gasteiger partial charge in [0.25, 0.3) is 0 Å². The van der Waals surface area contributed by atoms with Crippen LogP contribution < -0.4 is 0 Å². The molecule has 0 radical (unpaired) electrons. The van der Waals surface area contributed by atoms with E-state index in [-0.39, 0.29) is 50.1 Å². The highest BCUT2D eigenvalue weighted by molar-refractivity contribution is 7.76. The van der Waals surface area contributed by atoms with E-state index in [1.807, 2.05) is 30.3 Å². The van der Waals surface area contributed by atoms with Crippen LogP contribution >= 0.6 is 23.2 Å². The van der Waals surface area contributed by atoms with E-state index >= 15 is 0 Å². The quantitative estimate of drug-likeness (QED) is 0.216. The van der Waals surface area contributed by atoms with Crippen molar-refractivity contribution in [3.63, 3.8) is 0 Å². The Labute approximate surface area is 269 Å². The van der Waals surface area contributed by atoms with Crippen LogP contribution in [0.4, 0.5) is 4.39 Å². The van der Waals surface area contributed by atoms with Crippen molar-refractivity contribution in [3.8, 4) is 0 Å². The molecule has 234 valence electrons. The average molecular weight is 661 g/mol. The topological polar surface area (TPSA) is 101 Å². The molecular formula is C33H34Cl2FN2O5S-. The van der Waals surface area contributed by atoms with Gasteiger partial charge < -0.3 is 14.6 Å². The minimum absolute atomic E-state index is 0.00349. The second-order valence-electron chi connectivity index (χ2n) is 12.1. The number of hydrogen-bond acceptors (Lipinski definition) is 4. The molecule has 1 amide bonds. The summed E-state index contributed by atoms with van der Waals surface area (Å²) in [7, 11) is 0. The monoisotopic (exact) mass is 659 g/mol. The first-order chi connectivity index (χ1) is 21.0. The molecule has 1 aliphatic carbocycles. The van der Waals surface area contributed by atoms with E-state index in [0.29, 0.717) is 15.6 Å². The maximum Gasteiger partial charge on any atom is 0.304 e. The zero-order valence-electron chi connectivity index (χ0n) is 24.2. The minimum atomic E-state index is -2.65. The predicted octanol–water partition coefficient (Wildman–Crippen LogP) is 6.79. The van der Waals surface area contributed by atoms with E-state index in [1.54, 1.807) is 48.2 Å². The maximum atomic E-state index is 14.6. The summed E-state index contributed by atoms with van der Waals surface area (Å²) in [6.07, 6.45) is 1.63. The Hall–Kier alpha value is -2.82. The largest absolute Gasteiger partial charge is 0.760 e. The summed E-state index contributed by atoms with van der Waals surface area (Å²) in [4.78, 5) is 28.5. The summed E-state index contributed by atoms with van der Waals surface area (Å²) in [6.45, 7) is 1.70. The van der Waals surface area contributed by atoms with E-state index in [1.165, 1.54) is 10.4 Å². The molecule has 3 aromatic rings. The fourth-order valence-electron chi connectivity index (χ4n) is 6.57. The van der Waals surface area contributed by atoms with Crippen molar-refractivity contribution in [1.82, 2.24) is 9.21 Å². The molecular weight excluding hydrogens is 626 g/mol. The highest BCUT2D eigenvalue weighted by Gasteiger charge is 2.54. The molecule has 0 spiro atoms. The summed E-state index contributed by atoms with van der Waals surface area (Å²) in [5, 5.41) is 10.9. The van der Waals surface area contributed by atoms with E-state index in [2.05, 4.69) is 0 Å². The van der Waals surface area contributed by atoms with E-state index in [0.717, 1.165) is 24.0 Å². The van der Waals surface area contributed by atoms with E-state index in [9.17, 15) is 27.8 Å². The lowest BCUT2D eigenvalue weighted by atomic mass is 9.67. The third kappa shape index (κ3) is 7.35. The minimum Gasteiger partial charge on any atom is -0.760 e. The number of carboxylic acids is 1. The standard InChI is InChI=1S/C33H35Cl2FN2O5S/c1-33(19-30(39)40)18-27(24-6-4-7-26(35)17-24)31(23-11-13-25(34)14-12-23)38(32(33)41)29(22-9-10-22)20-37(44(42)43)16-15-21-5-2-3-8-28(21)36/h2-8,11-14,17,22,27,29,31H,9-10,15-16,18-20H2,1H3,(H,39,40)(H,42,43)/p-1/t27?,29?,31-,33-/m1/s1. The molecule has 11 heteroatoms. The van der Waals surface area contributed by atoms with Crippen LogP contribution in [0.1, 0.15) is 61.3 Å². The fourth-order valence-corrected chi connectivity index (χ4v) is 7.41. The van der Waals surface area contributed by atoms with Gasteiger partial charge in [0.15, 0.2) is 0 Å². The van der Waals surface area contributed by atoms with Crippen LogP contribution in [0.25, 0.3) is 0 Å². The Morgan fingerprint density at radius 1 is 1.09 bits per heavy atom. The van der Waals surface area contributed by atoms with Crippen molar-refractivity contribution < 1.29 is 27.8 Å². The van der Waals surface area contributed by atoms with Gasteiger partial charge in [-0.3, -0.25) is 13.8 Å². The molecule has 1 N–H and O–H groups in total. The van der Waals surface area contributed by atoms with Gasteiger partial charge in [0, 0.05) is 46.4 Å². The molecule has 2 fully saturated rings. The lowest BCUT2D eigenvalue weighted by Gasteiger charge is -2.52.